The Kier molecular flexibility index (Phi) is 5.79. The van der Waals surface area contributed by atoms with Crippen LogP contribution in [0.2, 0.25) is 0 Å². The average molecular weight is 526 g/mol. The molecule has 1 aliphatic carbocycles. The second kappa shape index (κ2) is 9.36. The molecule has 39 heavy (non-hydrogen) atoms. The Labute approximate surface area is 226 Å². The molecule has 5 heterocycles. The lowest BCUT2D eigenvalue weighted by atomic mass is 9.95. The van der Waals surface area contributed by atoms with E-state index in [-0.39, 0.29) is 17.6 Å². The molecule has 0 radical (unpaired) electrons. The molecule has 0 bridgehead atoms. The molecule has 200 valence electrons. The van der Waals surface area contributed by atoms with Gasteiger partial charge in [0.1, 0.15) is 11.5 Å². The number of urea groups is 1. The van der Waals surface area contributed by atoms with Gasteiger partial charge in [0.05, 0.1) is 17.4 Å². The fourth-order valence-corrected chi connectivity index (χ4v) is 6.78. The van der Waals surface area contributed by atoms with Crippen molar-refractivity contribution < 1.29 is 14.0 Å². The van der Waals surface area contributed by atoms with Gasteiger partial charge in [-0.3, -0.25) is 9.20 Å². The zero-order valence-electron chi connectivity index (χ0n) is 22.2. The molecule has 0 N–H and O–H groups in total. The summed E-state index contributed by atoms with van der Waals surface area (Å²) in [6.07, 6.45) is 10.1. The minimum atomic E-state index is -0.350. The second-order valence-electron chi connectivity index (χ2n) is 11.1. The molecule has 0 spiro atoms. The Morgan fingerprint density at radius 2 is 1.92 bits per heavy atom. The molecule has 1 fully saturated rings. The molecule has 1 aromatic carbocycles. The van der Waals surface area contributed by atoms with Crippen molar-refractivity contribution in [2.45, 2.75) is 52.1 Å². The van der Waals surface area contributed by atoms with E-state index in [1.54, 1.807) is 12.1 Å². The molecule has 0 unspecified atom stereocenters. The molecule has 3 aromatic heterocycles. The van der Waals surface area contributed by atoms with Gasteiger partial charge in [-0.2, -0.15) is 0 Å². The van der Waals surface area contributed by atoms with Gasteiger partial charge in [0.15, 0.2) is 5.78 Å². The van der Waals surface area contributed by atoms with E-state index in [9.17, 15) is 9.59 Å². The first-order valence-corrected chi connectivity index (χ1v) is 14.1. The van der Waals surface area contributed by atoms with E-state index < -0.39 is 0 Å². The van der Waals surface area contributed by atoms with Crippen LogP contribution in [0.4, 0.5) is 9.18 Å². The number of imidazole rings is 1. The highest BCUT2D eigenvalue weighted by molar-refractivity contribution is 6.33. The Morgan fingerprint density at radius 1 is 1.08 bits per heavy atom. The lowest BCUT2D eigenvalue weighted by Gasteiger charge is -2.35. The number of rotatable bonds is 3. The number of likely N-dealkylation sites (tertiary alicyclic amines) is 1. The number of pyridine rings is 1. The highest BCUT2D eigenvalue weighted by Gasteiger charge is 2.32. The van der Waals surface area contributed by atoms with Crippen molar-refractivity contribution >= 4 is 39.5 Å². The summed E-state index contributed by atoms with van der Waals surface area (Å²) in [4.78, 5) is 35.1. The van der Waals surface area contributed by atoms with Crippen LogP contribution in [-0.2, 0) is 17.9 Å². The SMILES string of the molecule is CCC1CCN(C(=O)N2CCn3cc(C4=C(c5cnc6ccccn56)CCC4=O)c4cc(F)cc(c43)C2)CC1. The smallest absolute Gasteiger partial charge is 0.320 e. The first kappa shape index (κ1) is 24.1. The number of benzene rings is 1. The van der Waals surface area contributed by atoms with Gasteiger partial charge in [0, 0.05) is 68.1 Å². The van der Waals surface area contributed by atoms with Crippen LogP contribution in [0.25, 0.3) is 27.7 Å². The summed E-state index contributed by atoms with van der Waals surface area (Å²) < 4.78 is 19.2. The Morgan fingerprint density at radius 3 is 2.74 bits per heavy atom. The summed E-state index contributed by atoms with van der Waals surface area (Å²) in [5, 5.41) is 0.736. The number of nitrogens with zero attached hydrogens (tertiary/aromatic N) is 5. The predicted octanol–water partition coefficient (Wildman–Crippen LogP) is 5.76. The quantitative estimate of drug-likeness (QED) is 0.342. The third-order valence-electron chi connectivity index (χ3n) is 8.90. The van der Waals surface area contributed by atoms with Gasteiger partial charge in [-0.05, 0) is 60.6 Å². The molecular formula is C31H32FN5O2. The maximum atomic E-state index is 15.1. The first-order valence-electron chi connectivity index (χ1n) is 14.1. The summed E-state index contributed by atoms with van der Waals surface area (Å²) in [6.45, 7) is 5.27. The van der Waals surface area contributed by atoms with Gasteiger partial charge in [-0.15, -0.1) is 0 Å². The predicted molar refractivity (Wildman–Crippen MR) is 149 cm³/mol. The summed E-state index contributed by atoms with van der Waals surface area (Å²) >= 11 is 0. The molecule has 0 saturated carbocycles. The van der Waals surface area contributed by atoms with Crippen LogP contribution >= 0.6 is 0 Å². The first-order chi connectivity index (χ1) is 19.0. The Hall–Kier alpha value is -3.94. The van der Waals surface area contributed by atoms with Gasteiger partial charge in [0.2, 0.25) is 0 Å². The van der Waals surface area contributed by atoms with Crippen molar-refractivity contribution in [2.75, 3.05) is 19.6 Å². The molecule has 0 atom stereocenters. The van der Waals surface area contributed by atoms with Crippen LogP contribution in [0.3, 0.4) is 0 Å². The number of carbonyl (C=O) groups excluding carboxylic acids is 2. The minimum absolute atomic E-state index is 0.0384. The van der Waals surface area contributed by atoms with Gasteiger partial charge < -0.3 is 14.4 Å². The normalized spacial score (nSPS) is 18.6. The fourth-order valence-electron chi connectivity index (χ4n) is 6.78. The summed E-state index contributed by atoms with van der Waals surface area (Å²) in [6, 6.07) is 8.97. The number of halogens is 1. The Balaban J connectivity index is 1.29. The average Bonchev–Trinajstić information content (AvgIpc) is 3.61. The molecule has 7 nitrogen and oxygen atoms in total. The number of ketones is 1. The van der Waals surface area contributed by atoms with Crippen molar-refractivity contribution in [2.24, 2.45) is 5.92 Å². The number of hydrogen-bond donors (Lipinski definition) is 0. The van der Waals surface area contributed by atoms with E-state index in [1.807, 2.05) is 51.0 Å². The van der Waals surface area contributed by atoms with Crippen LogP contribution in [0.1, 0.15) is 55.8 Å². The topological polar surface area (TPSA) is 62.9 Å². The van der Waals surface area contributed by atoms with Crippen LogP contribution in [0.5, 0.6) is 0 Å². The maximum absolute atomic E-state index is 15.1. The van der Waals surface area contributed by atoms with Gasteiger partial charge in [-0.25, -0.2) is 14.2 Å². The second-order valence-corrected chi connectivity index (χ2v) is 11.1. The number of Topliss-reactive ketones (excluding diaryl/α,β-unsaturated/α-hetero) is 1. The minimum Gasteiger partial charge on any atom is -0.345 e. The van der Waals surface area contributed by atoms with Crippen LogP contribution in [-0.4, -0.2) is 55.2 Å². The lowest BCUT2D eigenvalue weighted by molar-refractivity contribution is -0.113. The van der Waals surface area contributed by atoms with E-state index in [0.717, 1.165) is 71.3 Å². The van der Waals surface area contributed by atoms with E-state index in [1.165, 1.54) is 0 Å². The molecule has 2 aliphatic heterocycles. The summed E-state index contributed by atoms with van der Waals surface area (Å²) in [5.41, 5.74) is 5.81. The zero-order chi connectivity index (χ0) is 26.7. The highest BCUT2D eigenvalue weighted by Crippen LogP contribution is 2.42. The van der Waals surface area contributed by atoms with Crippen molar-refractivity contribution in [3.63, 3.8) is 0 Å². The molecular weight excluding hydrogens is 493 g/mol. The fraction of sp³-hybridized carbons (Fsp3) is 0.387. The molecule has 8 heteroatoms. The van der Waals surface area contributed by atoms with Gasteiger partial charge >= 0.3 is 6.03 Å². The summed E-state index contributed by atoms with van der Waals surface area (Å²) in [7, 11) is 0. The monoisotopic (exact) mass is 525 g/mol. The molecule has 2 amide bonds. The number of hydrogen-bond acceptors (Lipinski definition) is 3. The third-order valence-corrected chi connectivity index (χ3v) is 8.90. The number of aromatic nitrogens is 3. The third kappa shape index (κ3) is 3.96. The molecule has 1 saturated heterocycles. The van der Waals surface area contributed by atoms with Crippen molar-refractivity contribution in [1.82, 2.24) is 23.8 Å². The number of allylic oxidation sites excluding steroid dienone is 2. The number of piperidine rings is 1. The van der Waals surface area contributed by atoms with Gasteiger partial charge in [0.25, 0.3) is 0 Å². The standard InChI is InChI=1S/C31H32FN5O2/c1-2-20-8-11-34(12-9-20)31(39)36-14-13-35-19-25(24-16-22(32)15-21(18-36)30(24)35)29-23(6-7-27(29)38)26-17-33-28-5-3-4-10-37(26)28/h3-5,10,15-17,19-20H,2,6-9,11-14,18H2,1H3. The van der Waals surface area contributed by atoms with Crippen LogP contribution in [0, 0.1) is 11.7 Å². The van der Waals surface area contributed by atoms with Gasteiger partial charge in [-0.1, -0.05) is 19.4 Å². The zero-order valence-corrected chi connectivity index (χ0v) is 22.2. The van der Waals surface area contributed by atoms with E-state index in [2.05, 4.69) is 16.5 Å². The molecule has 7 rings (SSSR count). The highest BCUT2D eigenvalue weighted by atomic mass is 19.1. The molecule has 4 aromatic rings. The van der Waals surface area contributed by atoms with Crippen molar-refractivity contribution in [3.8, 4) is 0 Å². The van der Waals surface area contributed by atoms with E-state index in [4.69, 9.17) is 0 Å². The number of amides is 2. The maximum Gasteiger partial charge on any atom is 0.320 e. The van der Waals surface area contributed by atoms with Crippen molar-refractivity contribution in [1.29, 1.82) is 0 Å². The summed E-state index contributed by atoms with van der Waals surface area (Å²) in [5.74, 6) is 0.417. The number of fused-ring (bicyclic) bond motifs is 1. The lowest BCUT2D eigenvalue weighted by Crippen LogP contribution is -2.46. The van der Waals surface area contributed by atoms with Crippen molar-refractivity contribution in [3.05, 3.63) is 71.6 Å². The largest absolute Gasteiger partial charge is 0.345 e. The van der Waals surface area contributed by atoms with Crippen LogP contribution in [0.15, 0.2) is 48.9 Å². The number of carbonyl (C=O) groups is 2. The van der Waals surface area contributed by atoms with Crippen LogP contribution < -0.4 is 0 Å². The van der Waals surface area contributed by atoms with E-state index in [0.29, 0.717) is 44.0 Å². The Bertz CT molecular complexity index is 1660. The van der Waals surface area contributed by atoms with E-state index >= 15 is 4.39 Å². The molecule has 3 aliphatic rings.